The first kappa shape index (κ1) is 13.2. The summed E-state index contributed by atoms with van der Waals surface area (Å²) in [5, 5.41) is 4.76. The molecule has 1 aliphatic heterocycles. The van der Waals surface area contributed by atoms with Crippen molar-refractivity contribution >= 4 is 28.9 Å². The van der Waals surface area contributed by atoms with E-state index in [0.717, 1.165) is 26.1 Å². The number of nitrogens with zero attached hydrogens (tertiary/aromatic N) is 1. The van der Waals surface area contributed by atoms with E-state index in [-0.39, 0.29) is 12.4 Å². The Bertz CT molecular complexity index is 569. The van der Waals surface area contributed by atoms with Crippen molar-refractivity contribution in [2.24, 2.45) is 0 Å². The van der Waals surface area contributed by atoms with Gasteiger partial charge in [0.1, 0.15) is 0 Å². The lowest BCUT2D eigenvalue weighted by atomic mass is 10.00. The van der Waals surface area contributed by atoms with Crippen LogP contribution in [0.15, 0.2) is 36.5 Å². The minimum absolute atomic E-state index is 0. The van der Waals surface area contributed by atoms with E-state index >= 15 is 0 Å². The Morgan fingerprint density at radius 3 is 2.83 bits per heavy atom. The number of hydrogen-bond donors (Lipinski definition) is 1. The summed E-state index contributed by atoms with van der Waals surface area (Å²) in [6.07, 6.45) is 5.77. The predicted octanol–water partition coefficient (Wildman–Crippen LogP) is 3.46. The maximum Gasteiger partial charge on any atom is 0.0486 e. The molecule has 1 N–H and O–H groups in total. The van der Waals surface area contributed by atoms with E-state index in [1.807, 2.05) is 0 Å². The number of benzene rings is 1. The molecule has 2 aromatic rings. The average Bonchev–Trinajstić information content (AvgIpc) is 2.78. The van der Waals surface area contributed by atoms with E-state index < -0.39 is 0 Å². The van der Waals surface area contributed by atoms with Gasteiger partial charge in [0.05, 0.1) is 0 Å². The SMILES string of the molecule is CCn1cc(C2=CCNCC2)c2ccccc21.Cl. The Hall–Kier alpha value is -1.25. The third-order valence-electron chi connectivity index (χ3n) is 3.54. The average molecular weight is 263 g/mol. The molecule has 3 heteroatoms. The minimum atomic E-state index is 0. The van der Waals surface area contributed by atoms with Crippen LogP contribution in [-0.2, 0) is 6.54 Å². The van der Waals surface area contributed by atoms with Crippen molar-refractivity contribution in [3.63, 3.8) is 0 Å². The van der Waals surface area contributed by atoms with E-state index in [0.29, 0.717) is 0 Å². The van der Waals surface area contributed by atoms with Crippen molar-refractivity contribution in [1.29, 1.82) is 0 Å². The molecular formula is C15H19ClN2. The molecule has 0 saturated heterocycles. The lowest BCUT2D eigenvalue weighted by molar-refractivity contribution is 0.738. The van der Waals surface area contributed by atoms with Gasteiger partial charge in [-0.05, 0) is 31.5 Å². The highest BCUT2D eigenvalue weighted by Gasteiger charge is 2.12. The van der Waals surface area contributed by atoms with Gasteiger partial charge in [-0.25, -0.2) is 0 Å². The smallest absolute Gasteiger partial charge is 0.0486 e. The Kier molecular flexibility index (Phi) is 4.10. The van der Waals surface area contributed by atoms with Gasteiger partial charge in [0.25, 0.3) is 0 Å². The minimum Gasteiger partial charge on any atom is -0.347 e. The third kappa shape index (κ3) is 2.18. The molecule has 0 fully saturated rings. The van der Waals surface area contributed by atoms with Crippen LogP contribution in [-0.4, -0.2) is 17.7 Å². The Labute approximate surface area is 114 Å². The van der Waals surface area contributed by atoms with E-state index in [2.05, 4.69) is 53.3 Å². The zero-order chi connectivity index (χ0) is 11.7. The van der Waals surface area contributed by atoms with Gasteiger partial charge in [-0.1, -0.05) is 24.3 Å². The van der Waals surface area contributed by atoms with Crippen molar-refractivity contribution in [3.8, 4) is 0 Å². The first-order valence-electron chi connectivity index (χ1n) is 6.38. The molecule has 0 amide bonds. The van der Waals surface area contributed by atoms with Gasteiger partial charge < -0.3 is 9.88 Å². The molecular weight excluding hydrogens is 244 g/mol. The number of fused-ring (bicyclic) bond motifs is 1. The molecule has 1 aliphatic rings. The standard InChI is InChI=1S/C15H18N2.ClH/c1-2-17-11-14(12-7-9-16-10-8-12)13-5-3-4-6-15(13)17;/h3-7,11,16H,2,8-10H2,1H3;1H. The van der Waals surface area contributed by atoms with Crippen LogP contribution in [0.25, 0.3) is 16.5 Å². The molecule has 0 spiro atoms. The second-order valence-corrected chi connectivity index (χ2v) is 4.53. The van der Waals surface area contributed by atoms with E-state index in [1.165, 1.54) is 22.0 Å². The fourth-order valence-electron chi connectivity index (χ4n) is 2.63. The molecule has 1 aromatic carbocycles. The van der Waals surface area contributed by atoms with Crippen molar-refractivity contribution < 1.29 is 0 Å². The van der Waals surface area contributed by atoms with Gasteiger partial charge in [-0.2, -0.15) is 0 Å². The fourth-order valence-corrected chi connectivity index (χ4v) is 2.63. The van der Waals surface area contributed by atoms with Gasteiger partial charge in [-0.15, -0.1) is 12.4 Å². The third-order valence-corrected chi connectivity index (χ3v) is 3.54. The summed E-state index contributed by atoms with van der Waals surface area (Å²) < 4.78 is 2.34. The maximum absolute atomic E-state index is 3.37. The molecule has 1 aromatic heterocycles. The Morgan fingerprint density at radius 1 is 1.28 bits per heavy atom. The number of aryl methyl sites for hydroxylation is 1. The maximum atomic E-state index is 3.37. The first-order chi connectivity index (χ1) is 8.40. The lowest BCUT2D eigenvalue weighted by Crippen LogP contribution is -2.19. The molecule has 0 atom stereocenters. The highest BCUT2D eigenvalue weighted by Crippen LogP contribution is 2.29. The normalized spacial score (nSPS) is 15.3. The molecule has 3 rings (SSSR count). The first-order valence-corrected chi connectivity index (χ1v) is 6.38. The van der Waals surface area contributed by atoms with Gasteiger partial charge in [0, 0.05) is 35.8 Å². The number of para-hydroxylation sites is 1. The number of hydrogen-bond acceptors (Lipinski definition) is 1. The zero-order valence-electron chi connectivity index (χ0n) is 10.6. The van der Waals surface area contributed by atoms with Crippen LogP contribution in [0, 0.1) is 0 Å². The molecule has 96 valence electrons. The second-order valence-electron chi connectivity index (χ2n) is 4.53. The molecule has 2 heterocycles. The number of aromatic nitrogens is 1. The van der Waals surface area contributed by atoms with E-state index in [9.17, 15) is 0 Å². The van der Waals surface area contributed by atoms with Gasteiger partial charge >= 0.3 is 0 Å². The van der Waals surface area contributed by atoms with Crippen molar-refractivity contribution in [1.82, 2.24) is 9.88 Å². The van der Waals surface area contributed by atoms with E-state index in [4.69, 9.17) is 0 Å². The summed E-state index contributed by atoms with van der Waals surface area (Å²) in [6.45, 7) is 5.33. The molecule has 2 nitrogen and oxygen atoms in total. The highest BCUT2D eigenvalue weighted by atomic mass is 35.5. The van der Waals surface area contributed by atoms with Crippen molar-refractivity contribution in [2.45, 2.75) is 19.9 Å². The van der Waals surface area contributed by atoms with Crippen LogP contribution >= 0.6 is 12.4 Å². The topological polar surface area (TPSA) is 17.0 Å². The van der Waals surface area contributed by atoms with Crippen LogP contribution in [0.3, 0.4) is 0 Å². The summed E-state index contributed by atoms with van der Waals surface area (Å²) in [6, 6.07) is 8.70. The van der Waals surface area contributed by atoms with E-state index in [1.54, 1.807) is 0 Å². The molecule has 0 saturated carbocycles. The van der Waals surface area contributed by atoms with Crippen LogP contribution in [0.5, 0.6) is 0 Å². The summed E-state index contributed by atoms with van der Waals surface area (Å²) in [5.74, 6) is 0. The Balaban J connectivity index is 0.00000120. The molecule has 0 bridgehead atoms. The molecule has 0 radical (unpaired) electrons. The Morgan fingerprint density at radius 2 is 2.11 bits per heavy atom. The van der Waals surface area contributed by atoms with Gasteiger partial charge in [-0.3, -0.25) is 0 Å². The van der Waals surface area contributed by atoms with Crippen LogP contribution in [0.1, 0.15) is 18.9 Å². The quantitative estimate of drug-likeness (QED) is 0.877. The summed E-state index contributed by atoms with van der Waals surface area (Å²) in [5.41, 5.74) is 4.26. The molecule has 18 heavy (non-hydrogen) atoms. The molecule has 0 unspecified atom stereocenters. The fraction of sp³-hybridized carbons (Fsp3) is 0.333. The summed E-state index contributed by atoms with van der Waals surface area (Å²) in [4.78, 5) is 0. The largest absolute Gasteiger partial charge is 0.347 e. The highest BCUT2D eigenvalue weighted by molar-refractivity contribution is 5.93. The number of rotatable bonds is 2. The molecule has 0 aliphatic carbocycles. The number of nitrogens with one attached hydrogen (secondary N) is 1. The van der Waals surface area contributed by atoms with Crippen LogP contribution < -0.4 is 5.32 Å². The van der Waals surface area contributed by atoms with Crippen molar-refractivity contribution in [3.05, 3.63) is 42.1 Å². The predicted molar refractivity (Wildman–Crippen MR) is 80.3 cm³/mol. The lowest BCUT2D eigenvalue weighted by Gasteiger charge is -2.13. The summed E-state index contributed by atoms with van der Waals surface area (Å²) >= 11 is 0. The monoisotopic (exact) mass is 262 g/mol. The summed E-state index contributed by atoms with van der Waals surface area (Å²) in [7, 11) is 0. The van der Waals surface area contributed by atoms with Gasteiger partial charge in [0.15, 0.2) is 0 Å². The van der Waals surface area contributed by atoms with Gasteiger partial charge in [0.2, 0.25) is 0 Å². The van der Waals surface area contributed by atoms with Crippen LogP contribution in [0.2, 0.25) is 0 Å². The zero-order valence-corrected chi connectivity index (χ0v) is 11.5. The second kappa shape index (κ2) is 5.59. The van der Waals surface area contributed by atoms with Crippen molar-refractivity contribution in [2.75, 3.05) is 13.1 Å². The van der Waals surface area contributed by atoms with Crippen LogP contribution in [0.4, 0.5) is 0 Å². The number of halogens is 1.